The molecule has 1 aliphatic heterocycles. The van der Waals surface area contributed by atoms with E-state index in [2.05, 4.69) is 19.2 Å². The molecule has 1 unspecified atom stereocenters. The highest BCUT2D eigenvalue weighted by Crippen LogP contribution is 2.33. The van der Waals surface area contributed by atoms with Gasteiger partial charge in [-0.2, -0.15) is 0 Å². The van der Waals surface area contributed by atoms with E-state index in [-0.39, 0.29) is 11.5 Å². The summed E-state index contributed by atoms with van der Waals surface area (Å²) in [6, 6.07) is 25.3. The lowest BCUT2D eigenvalue weighted by Crippen LogP contribution is -2.40. The molecule has 5 aromatic rings. The van der Waals surface area contributed by atoms with Crippen LogP contribution >= 0.6 is 34.5 Å². The molecule has 0 saturated carbocycles. The average Bonchev–Trinajstić information content (AvgIpc) is 3.58. The highest BCUT2D eigenvalue weighted by atomic mass is 35.5. The minimum absolute atomic E-state index is 0.266. The van der Waals surface area contributed by atoms with E-state index in [4.69, 9.17) is 32.6 Å². The van der Waals surface area contributed by atoms with Crippen molar-refractivity contribution in [3.63, 3.8) is 0 Å². The summed E-state index contributed by atoms with van der Waals surface area (Å²) >= 11 is 13.8. The number of rotatable bonds is 6. The molecule has 0 fully saturated rings. The normalized spacial score (nSPS) is 15.0. The number of carbonyl (C=O) groups excluding carboxylic acids is 1. The summed E-state index contributed by atoms with van der Waals surface area (Å²) in [5.74, 6) is 1.04. The first-order valence-corrected chi connectivity index (χ1v) is 15.3. The second-order valence-electron chi connectivity index (χ2n) is 10.5. The number of nitrogens with one attached hydrogen (secondary N) is 1. The van der Waals surface area contributed by atoms with Gasteiger partial charge in [-0.05, 0) is 66.4 Å². The quantitative estimate of drug-likeness (QED) is 0.211. The SMILES string of the molecule is CC1=C(C(=O)Nc2ccccc2)C(c2ccc(C(C)C)cc2)n2c(s/c(=C\c3ccc(-c4cc(Cl)ccc4Cl)o3)c2=O)=N1. The van der Waals surface area contributed by atoms with Gasteiger partial charge in [-0.3, -0.25) is 14.2 Å². The molecule has 9 heteroatoms. The Hall–Kier alpha value is -4.17. The Bertz CT molecular complexity index is 2060. The van der Waals surface area contributed by atoms with Gasteiger partial charge in [0.15, 0.2) is 4.80 Å². The largest absolute Gasteiger partial charge is 0.457 e. The van der Waals surface area contributed by atoms with E-state index in [1.807, 2.05) is 54.6 Å². The van der Waals surface area contributed by atoms with Gasteiger partial charge in [-0.1, -0.05) is 90.9 Å². The van der Waals surface area contributed by atoms with Gasteiger partial charge >= 0.3 is 0 Å². The number of para-hydroxylation sites is 1. The maximum Gasteiger partial charge on any atom is 0.271 e. The van der Waals surface area contributed by atoms with Crippen molar-refractivity contribution in [3.05, 3.63) is 143 Å². The number of fused-ring (bicyclic) bond motifs is 1. The zero-order valence-electron chi connectivity index (χ0n) is 23.6. The van der Waals surface area contributed by atoms with Crippen molar-refractivity contribution in [2.45, 2.75) is 32.7 Å². The van der Waals surface area contributed by atoms with E-state index in [1.165, 1.54) is 16.9 Å². The van der Waals surface area contributed by atoms with Gasteiger partial charge in [-0.15, -0.1) is 0 Å². The van der Waals surface area contributed by atoms with Gasteiger partial charge in [-0.25, -0.2) is 4.99 Å². The molecule has 216 valence electrons. The average molecular weight is 629 g/mol. The van der Waals surface area contributed by atoms with Crippen LogP contribution in [0.4, 0.5) is 5.69 Å². The number of benzene rings is 3. The van der Waals surface area contributed by atoms with Crippen LogP contribution in [-0.4, -0.2) is 10.5 Å². The number of thiazole rings is 1. The molecule has 0 spiro atoms. The zero-order chi connectivity index (χ0) is 30.2. The standard InChI is InChI=1S/C34H27Cl2N3O3S/c1-19(2)21-9-11-22(12-10-21)31-30(32(40)38-24-7-5-4-6-8-24)20(3)37-34-39(31)33(41)29(43-34)18-25-14-16-28(42-25)26-17-23(35)13-15-27(26)36/h4-19,31H,1-3H3,(H,38,40)/b29-18-. The Labute approximate surface area is 262 Å². The van der Waals surface area contributed by atoms with Crippen molar-refractivity contribution in [3.8, 4) is 11.3 Å². The number of carbonyl (C=O) groups is 1. The predicted molar refractivity (Wildman–Crippen MR) is 174 cm³/mol. The van der Waals surface area contributed by atoms with Crippen LogP contribution in [0.3, 0.4) is 0 Å². The summed E-state index contributed by atoms with van der Waals surface area (Å²) < 4.78 is 8.08. The topological polar surface area (TPSA) is 76.6 Å². The Balaban J connectivity index is 1.46. The second kappa shape index (κ2) is 11.8. The molecule has 6 nitrogen and oxygen atoms in total. The van der Waals surface area contributed by atoms with Gasteiger partial charge in [0.2, 0.25) is 0 Å². The maximum atomic E-state index is 14.0. The molecular weight excluding hydrogens is 601 g/mol. The van der Waals surface area contributed by atoms with Gasteiger partial charge < -0.3 is 9.73 Å². The van der Waals surface area contributed by atoms with Crippen LogP contribution in [0.2, 0.25) is 10.0 Å². The monoisotopic (exact) mass is 627 g/mol. The number of furan rings is 1. The fraction of sp³-hybridized carbons (Fsp3) is 0.147. The van der Waals surface area contributed by atoms with E-state index in [0.717, 1.165) is 5.56 Å². The molecule has 0 bridgehead atoms. The number of aromatic nitrogens is 1. The second-order valence-corrected chi connectivity index (χ2v) is 12.4. The maximum absolute atomic E-state index is 14.0. The molecule has 3 heterocycles. The van der Waals surface area contributed by atoms with Crippen molar-refractivity contribution in [1.29, 1.82) is 0 Å². The molecule has 1 aliphatic rings. The lowest BCUT2D eigenvalue weighted by molar-refractivity contribution is -0.113. The minimum atomic E-state index is -0.666. The van der Waals surface area contributed by atoms with Gasteiger partial charge in [0, 0.05) is 22.3 Å². The van der Waals surface area contributed by atoms with Crippen LogP contribution in [-0.2, 0) is 4.79 Å². The zero-order valence-corrected chi connectivity index (χ0v) is 25.9. The minimum Gasteiger partial charge on any atom is -0.457 e. The molecule has 1 atom stereocenters. The molecule has 1 amide bonds. The van der Waals surface area contributed by atoms with Crippen molar-refractivity contribution >= 4 is 52.2 Å². The van der Waals surface area contributed by atoms with E-state index >= 15 is 0 Å². The van der Waals surface area contributed by atoms with E-state index in [9.17, 15) is 9.59 Å². The van der Waals surface area contributed by atoms with Gasteiger partial charge in [0.05, 0.1) is 26.9 Å². The molecule has 3 aromatic carbocycles. The highest BCUT2D eigenvalue weighted by molar-refractivity contribution is 7.07. The number of amides is 1. The molecule has 0 aliphatic carbocycles. The summed E-state index contributed by atoms with van der Waals surface area (Å²) in [5.41, 5.74) is 4.00. The first kappa shape index (κ1) is 28.9. The number of hydrogen-bond donors (Lipinski definition) is 1. The predicted octanol–water partition coefficient (Wildman–Crippen LogP) is 7.56. The van der Waals surface area contributed by atoms with Gasteiger partial charge in [0.1, 0.15) is 11.5 Å². The highest BCUT2D eigenvalue weighted by Gasteiger charge is 2.32. The summed E-state index contributed by atoms with van der Waals surface area (Å²) in [6.07, 6.45) is 1.69. The molecule has 1 N–H and O–H groups in total. The first-order valence-electron chi connectivity index (χ1n) is 13.7. The molecule has 0 radical (unpaired) electrons. The number of allylic oxidation sites excluding steroid dienone is 1. The first-order chi connectivity index (χ1) is 20.7. The van der Waals surface area contributed by atoms with Crippen LogP contribution in [0.1, 0.15) is 49.6 Å². The molecular formula is C34H27Cl2N3O3S. The third kappa shape index (κ3) is 5.76. The smallest absolute Gasteiger partial charge is 0.271 e. The van der Waals surface area contributed by atoms with E-state index in [0.29, 0.717) is 59.3 Å². The Morgan fingerprint density at radius 3 is 2.49 bits per heavy atom. The van der Waals surface area contributed by atoms with Crippen molar-refractivity contribution < 1.29 is 9.21 Å². The Kier molecular flexibility index (Phi) is 7.97. The Morgan fingerprint density at radius 2 is 1.77 bits per heavy atom. The van der Waals surface area contributed by atoms with Crippen LogP contribution in [0.5, 0.6) is 0 Å². The number of anilines is 1. The molecule has 43 heavy (non-hydrogen) atoms. The fourth-order valence-electron chi connectivity index (χ4n) is 5.10. The summed E-state index contributed by atoms with van der Waals surface area (Å²) in [6.45, 7) is 6.06. The van der Waals surface area contributed by atoms with E-state index < -0.39 is 6.04 Å². The molecule has 0 saturated heterocycles. The third-order valence-electron chi connectivity index (χ3n) is 7.31. The Morgan fingerprint density at radius 1 is 1.02 bits per heavy atom. The summed E-state index contributed by atoms with van der Waals surface area (Å²) in [4.78, 5) is 33.0. The van der Waals surface area contributed by atoms with Crippen LogP contribution in [0, 0.1) is 0 Å². The summed E-state index contributed by atoms with van der Waals surface area (Å²) in [5, 5.41) is 4.02. The number of halogens is 2. The van der Waals surface area contributed by atoms with Crippen LogP contribution in [0.25, 0.3) is 17.4 Å². The molecule has 2 aromatic heterocycles. The van der Waals surface area contributed by atoms with Crippen molar-refractivity contribution in [2.24, 2.45) is 4.99 Å². The summed E-state index contributed by atoms with van der Waals surface area (Å²) in [7, 11) is 0. The number of hydrogen-bond acceptors (Lipinski definition) is 5. The van der Waals surface area contributed by atoms with Gasteiger partial charge in [0.25, 0.3) is 11.5 Å². The van der Waals surface area contributed by atoms with Crippen LogP contribution in [0.15, 0.2) is 110 Å². The van der Waals surface area contributed by atoms with E-state index in [1.54, 1.807) is 47.9 Å². The van der Waals surface area contributed by atoms with Crippen molar-refractivity contribution in [2.75, 3.05) is 5.32 Å². The lowest BCUT2D eigenvalue weighted by Gasteiger charge is -2.25. The third-order valence-corrected chi connectivity index (χ3v) is 8.86. The number of nitrogens with zero attached hydrogens (tertiary/aromatic N) is 2. The van der Waals surface area contributed by atoms with Crippen molar-refractivity contribution in [1.82, 2.24) is 4.57 Å². The molecule has 6 rings (SSSR count). The van der Waals surface area contributed by atoms with Crippen LogP contribution < -0.4 is 20.2 Å². The lowest BCUT2D eigenvalue weighted by atomic mass is 9.93. The fourth-order valence-corrected chi connectivity index (χ4v) is 6.51.